The van der Waals surface area contributed by atoms with Crippen LogP contribution < -0.4 is 0 Å². The van der Waals surface area contributed by atoms with Gasteiger partial charge in [0, 0.05) is 6.04 Å². The van der Waals surface area contributed by atoms with Crippen LogP contribution in [0.3, 0.4) is 0 Å². The Kier molecular flexibility index (Phi) is 5.22. The first kappa shape index (κ1) is 16.3. The van der Waals surface area contributed by atoms with E-state index in [9.17, 15) is 18.3 Å². The zero-order chi connectivity index (χ0) is 14.7. The van der Waals surface area contributed by atoms with Crippen LogP contribution in [-0.2, 0) is 0 Å². The molecule has 1 N–H and O–H groups in total. The molecule has 0 radical (unpaired) electrons. The van der Waals surface area contributed by atoms with Gasteiger partial charge < -0.3 is 5.11 Å². The Hall–Kier alpha value is -0.800. The van der Waals surface area contributed by atoms with E-state index in [2.05, 4.69) is 6.07 Å². The van der Waals surface area contributed by atoms with Gasteiger partial charge in [-0.25, -0.2) is 0 Å². The first-order valence-electron chi connectivity index (χ1n) is 6.57. The standard InChI is InChI=1S/C13H21F3N2O/c1-12(2,9-17)6-4-8-18-7-3-5-10(18)11(19)13(14,15)16/h10-11,19H,3-8H2,1-2H3. The largest absolute Gasteiger partial charge is 0.415 e. The molecule has 19 heavy (non-hydrogen) atoms. The number of likely N-dealkylation sites (tertiary alicyclic amines) is 1. The summed E-state index contributed by atoms with van der Waals surface area (Å²) in [4.78, 5) is 1.70. The topological polar surface area (TPSA) is 47.3 Å². The minimum atomic E-state index is -4.56. The fourth-order valence-corrected chi connectivity index (χ4v) is 2.49. The van der Waals surface area contributed by atoms with Crippen molar-refractivity contribution in [1.29, 1.82) is 5.26 Å². The summed E-state index contributed by atoms with van der Waals surface area (Å²) >= 11 is 0. The maximum atomic E-state index is 12.5. The minimum Gasteiger partial charge on any atom is -0.382 e. The van der Waals surface area contributed by atoms with E-state index in [1.165, 1.54) is 0 Å². The number of alkyl halides is 3. The van der Waals surface area contributed by atoms with Crippen molar-refractivity contribution in [1.82, 2.24) is 4.90 Å². The fourth-order valence-electron chi connectivity index (χ4n) is 2.49. The highest BCUT2D eigenvalue weighted by Gasteiger charge is 2.46. The van der Waals surface area contributed by atoms with Gasteiger partial charge in [-0.1, -0.05) is 0 Å². The molecule has 0 aromatic carbocycles. The van der Waals surface area contributed by atoms with Gasteiger partial charge in [-0.2, -0.15) is 18.4 Å². The van der Waals surface area contributed by atoms with Crippen LogP contribution in [0.15, 0.2) is 0 Å². The van der Waals surface area contributed by atoms with Gasteiger partial charge >= 0.3 is 6.18 Å². The molecule has 2 unspecified atom stereocenters. The Bertz CT molecular complexity index is 336. The maximum absolute atomic E-state index is 12.5. The normalized spacial score (nSPS) is 23.3. The quantitative estimate of drug-likeness (QED) is 0.841. The van der Waals surface area contributed by atoms with Crippen LogP contribution in [0.2, 0.25) is 0 Å². The summed E-state index contributed by atoms with van der Waals surface area (Å²) in [5.74, 6) is 0. The number of halogens is 3. The van der Waals surface area contributed by atoms with E-state index in [-0.39, 0.29) is 0 Å². The first-order valence-corrected chi connectivity index (χ1v) is 6.57. The highest BCUT2D eigenvalue weighted by Crippen LogP contribution is 2.31. The lowest BCUT2D eigenvalue weighted by atomic mass is 9.90. The average molecular weight is 278 g/mol. The average Bonchev–Trinajstić information content (AvgIpc) is 2.75. The Morgan fingerprint density at radius 3 is 2.58 bits per heavy atom. The molecule has 1 aliphatic rings. The molecule has 0 aromatic heterocycles. The van der Waals surface area contributed by atoms with Crippen molar-refractivity contribution in [2.24, 2.45) is 5.41 Å². The highest BCUT2D eigenvalue weighted by atomic mass is 19.4. The Labute approximate surface area is 112 Å². The number of hydrogen-bond donors (Lipinski definition) is 1. The van der Waals surface area contributed by atoms with Gasteiger partial charge in [0.2, 0.25) is 0 Å². The summed E-state index contributed by atoms with van der Waals surface area (Å²) in [6.07, 6.45) is -4.45. The molecule has 110 valence electrons. The van der Waals surface area contributed by atoms with Crippen molar-refractivity contribution >= 4 is 0 Å². The second-order valence-corrected chi connectivity index (χ2v) is 5.83. The lowest BCUT2D eigenvalue weighted by Crippen LogP contribution is -2.47. The maximum Gasteiger partial charge on any atom is 0.415 e. The Morgan fingerprint density at radius 1 is 1.42 bits per heavy atom. The molecule has 1 rings (SSSR count). The van der Waals surface area contributed by atoms with Gasteiger partial charge in [0.15, 0.2) is 6.10 Å². The monoisotopic (exact) mass is 278 g/mol. The molecule has 0 aromatic rings. The zero-order valence-corrected chi connectivity index (χ0v) is 11.4. The van der Waals surface area contributed by atoms with E-state index >= 15 is 0 Å². The number of aliphatic hydroxyl groups excluding tert-OH is 1. The van der Waals surface area contributed by atoms with Crippen LogP contribution in [0, 0.1) is 16.7 Å². The van der Waals surface area contributed by atoms with Crippen molar-refractivity contribution in [2.75, 3.05) is 13.1 Å². The van der Waals surface area contributed by atoms with Gasteiger partial charge in [-0.15, -0.1) is 0 Å². The number of nitriles is 1. The van der Waals surface area contributed by atoms with E-state index in [1.807, 2.05) is 13.8 Å². The second kappa shape index (κ2) is 6.10. The SMILES string of the molecule is CC(C)(C#N)CCCN1CCCC1C(O)C(F)(F)F. The van der Waals surface area contributed by atoms with Crippen molar-refractivity contribution in [3.8, 4) is 6.07 Å². The fraction of sp³-hybridized carbons (Fsp3) is 0.923. The zero-order valence-electron chi connectivity index (χ0n) is 11.4. The summed E-state index contributed by atoms with van der Waals surface area (Å²) in [5, 5.41) is 18.2. The third kappa shape index (κ3) is 4.66. The Morgan fingerprint density at radius 2 is 2.05 bits per heavy atom. The Balaban J connectivity index is 2.48. The van der Waals surface area contributed by atoms with Crippen molar-refractivity contribution in [3.63, 3.8) is 0 Å². The summed E-state index contributed by atoms with van der Waals surface area (Å²) in [5.41, 5.74) is -0.447. The van der Waals surface area contributed by atoms with Crippen LogP contribution in [0.1, 0.15) is 39.5 Å². The van der Waals surface area contributed by atoms with Gasteiger partial charge in [-0.3, -0.25) is 4.90 Å². The molecule has 0 aliphatic carbocycles. The van der Waals surface area contributed by atoms with E-state index < -0.39 is 23.7 Å². The third-order valence-electron chi connectivity index (χ3n) is 3.66. The molecular weight excluding hydrogens is 257 g/mol. The number of hydrogen-bond acceptors (Lipinski definition) is 3. The predicted molar refractivity (Wildman–Crippen MR) is 65.3 cm³/mol. The third-order valence-corrected chi connectivity index (χ3v) is 3.66. The summed E-state index contributed by atoms with van der Waals surface area (Å²) in [7, 11) is 0. The molecule has 0 saturated carbocycles. The van der Waals surface area contributed by atoms with Gasteiger partial charge in [0.25, 0.3) is 0 Å². The summed E-state index contributed by atoms with van der Waals surface area (Å²) < 4.78 is 37.6. The van der Waals surface area contributed by atoms with Crippen molar-refractivity contribution in [2.45, 2.75) is 57.9 Å². The molecule has 2 atom stereocenters. The molecule has 0 amide bonds. The number of rotatable bonds is 5. The molecule has 1 saturated heterocycles. The lowest BCUT2D eigenvalue weighted by Gasteiger charge is -2.30. The van der Waals surface area contributed by atoms with Crippen LogP contribution in [0.5, 0.6) is 0 Å². The molecule has 0 bridgehead atoms. The van der Waals surface area contributed by atoms with E-state index in [0.717, 1.165) is 0 Å². The van der Waals surface area contributed by atoms with E-state index in [4.69, 9.17) is 5.26 Å². The number of aliphatic hydroxyl groups is 1. The predicted octanol–water partition coefficient (Wildman–Crippen LogP) is 2.70. The minimum absolute atomic E-state index is 0.377. The van der Waals surface area contributed by atoms with Crippen LogP contribution in [-0.4, -0.2) is 41.4 Å². The molecule has 1 fully saturated rings. The second-order valence-electron chi connectivity index (χ2n) is 5.83. The molecule has 1 aliphatic heterocycles. The van der Waals surface area contributed by atoms with Crippen molar-refractivity contribution in [3.05, 3.63) is 0 Å². The van der Waals surface area contributed by atoms with Crippen molar-refractivity contribution < 1.29 is 18.3 Å². The van der Waals surface area contributed by atoms with Gasteiger partial charge in [0.1, 0.15) is 0 Å². The summed E-state index contributed by atoms with van der Waals surface area (Å²) in [6.45, 7) is 4.73. The molecular formula is C13H21F3N2O. The number of nitrogens with zero attached hydrogens (tertiary/aromatic N) is 2. The van der Waals surface area contributed by atoms with Crippen LogP contribution >= 0.6 is 0 Å². The van der Waals surface area contributed by atoms with Crippen LogP contribution in [0.4, 0.5) is 13.2 Å². The molecule has 1 heterocycles. The lowest BCUT2D eigenvalue weighted by molar-refractivity contribution is -0.219. The first-order chi connectivity index (χ1) is 8.67. The highest BCUT2D eigenvalue weighted by molar-refractivity contribution is 4.92. The van der Waals surface area contributed by atoms with Gasteiger partial charge in [0.05, 0.1) is 11.5 Å². The molecule has 0 spiro atoms. The van der Waals surface area contributed by atoms with E-state index in [1.54, 1.807) is 4.90 Å². The smallest absolute Gasteiger partial charge is 0.382 e. The van der Waals surface area contributed by atoms with E-state index in [0.29, 0.717) is 38.8 Å². The molecule has 6 heteroatoms. The van der Waals surface area contributed by atoms with Crippen LogP contribution in [0.25, 0.3) is 0 Å². The summed E-state index contributed by atoms with van der Waals surface area (Å²) in [6, 6.07) is 1.35. The molecule has 3 nitrogen and oxygen atoms in total. The van der Waals surface area contributed by atoms with Gasteiger partial charge in [-0.05, 0) is 52.6 Å².